The maximum atomic E-state index is 12.6. The Bertz CT molecular complexity index is 425. The van der Waals surface area contributed by atoms with Gasteiger partial charge in [0, 0.05) is 29.2 Å². The van der Waals surface area contributed by atoms with Gasteiger partial charge >= 0.3 is 5.30 Å². The lowest BCUT2D eigenvalue weighted by atomic mass is 9.81. The fourth-order valence-electron chi connectivity index (χ4n) is 4.13. The number of ether oxygens (including phenoxy) is 1. The maximum absolute atomic E-state index is 12.6. The highest BCUT2D eigenvalue weighted by molar-refractivity contribution is 8.13. The first-order valence-electron chi connectivity index (χ1n) is 9.63. The molecule has 0 spiro atoms. The van der Waals surface area contributed by atoms with Crippen molar-refractivity contribution >= 4 is 17.1 Å². The van der Waals surface area contributed by atoms with Crippen LogP contribution in [0.2, 0.25) is 0 Å². The molecule has 0 unspecified atom stereocenters. The van der Waals surface area contributed by atoms with Crippen LogP contribution in [0.5, 0.6) is 0 Å². The van der Waals surface area contributed by atoms with Crippen LogP contribution in [0, 0.1) is 10.8 Å². The number of thioether (sulfide) groups is 1. The van der Waals surface area contributed by atoms with Crippen molar-refractivity contribution in [3.05, 3.63) is 0 Å². The van der Waals surface area contributed by atoms with Crippen molar-refractivity contribution in [1.82, 2.24) is 5.32 Å². The summed E-state index contributed by atoms with van der Waals surface area (Å²) in [6.07, 6.45) is 3.77. The lowest BCUT2D eigenvalue weighted by Crippen LogP contribution is -2.59. The van der Waals surface area contributed by atoms with Gasteiger partial charge in [0.05, 0.1) is 0 Å². The number of rotatable bonds is 4. The van der Waals surface area contributed by atoms with Gasteiger partial charge in [-0.3, -0.25) is 0 Å². The van der Waals surface area contributed by atoms with Crippen LogP contribution in [-0.2, 0) is 4.74 Å². The van der Waals surface area contributed by atoms with Crippen LogP contribution in [0.25, 0.3) is 0 Å². The van der Waals surface area contributed by atoms with Crippen LogP contribution in [0.1, 0.15) is 94.9 Å². The molecule has 0 aromatic heterocycles. The van der Waals surface area contributed by atoms with Gasteiger partial charge in [0.1, 0.15) is 6.10 Å². The summed E-state index contributed by atoms with van der Waals surface area (Å²) in [5, 5.41) is 3.84. The summed E-state index contributed by atoms with van der Waals surface area (Å²) >= 11 is 1.41. The van der Waals surface area contributed by atoms with Crippen LogP contribution in [-0.4, -0.2) is 27.7 Å². The van der Waals surface area contributed by atoms with E-state index in [-0.39, 0.29) is 33.3 Å². The molecule has 1 saturated heterocycles. The van der Waals surface area contributed by atoms with Crippen molar-refractivity contribution in [2.24, 2.45) is 10.8 Å². The summed E-state index contributed by atoms with van der Waals surface area (Å²) in [4.78, 5) is 12.6. The third kappa shape index (κ3) is 9.89. The Morgan fingerprint density at radius 1 is 1.00 bits per heavy atom. The van der Waals surface area contributed by atoms with E-state index in [9.17, 15) is 4.79 Å². The number of hydrogen-bond acceptors (Lipinski definition) is 4. The summed E-state index contributed by atoms with van der Waals surface area (Å²) in [6.45, 7) is 22.2. The van der Waals surface area contributed by atoms with Gasteiger partial charge in [-0.1, -0.05) is 41.5 Å². The van der Waals surface area contributed by atoms with Crippen molar-refractivity contribution in [2.75, 3.05) is 0 Å². The molecule has 0 saturated carbocycles. The average molecular weight is 372 g/mol. The van der Waals surface area contributed by atoms with Gasteiger partial charge in [-0.15, -0.1) is 0 Å². The molecular weight excluding hydrogens is 330 g/mol. The molecule has 0 aliphatic carbocycles. The van der Waals surface area contributed by atoms with Crippen molar-refractivity contribution in [2.45, 2.75) is 117 Å². The van der Waals surface area contributed by atoms with Crippen molar-refractivity contribution in [3.8, 4) is 0 Å². The van der Waals surface area contributed by atoms with E-state index in [1.54, 1.807) is 0 Å². The van der Waals surface area contributed by atoms with Crippen LogP contribution >= 0.6 is 11.8 Å². The second-order valence-electron chi connectivity index (χ2n) is 11.6. The zero-order valence-electron chi connectivity index (χ0n) is 18.2. The van der Waals surface area contributed by atoms with Crippen LogP contribution in [0.15, 0.2) is 0 Å². The molecule has 148 valence electrons. The molecule has 1 fully saturated rings. The Hall–Kier alpha value is -0.220. The second-order valence-corrected chi connectivity index (χ2v) is 12.8. The van der Waals surface area contributed by atoms with Gasteiger partial charge in [-0.2, -0.15) is 0 Å². The van der Waals surface area contributed by atoms with Crippen LogP contribution < -0.4 is 5.32 Å². The van der Waals surface area contributed by atoms with E-state index in [4.69, 9.17) is 4.74 Å². The first kappa shape index (κ1) is 22.8. The molecule has 25 heavy (non-hydrogen) atoms. The first-order chi connectivity index (χ1) is 11.0. The molecule has 1 rings (SSSR count). The topological polar surface area (TPSA) is 38.3 Å². The van der Waals surface area contributed by atoms with Gasteiger partial charge in [0.15, 0.2) is 0 Å². The van der Waals surface area contributed by atoms with Gasteiger partial charge in [-0.05, 0) is 63.1 Å². The monoisotopic (exact) mass is 371 g/mol. The standard InChI is InChI=1S/C21H41NO2S/c1-18(2,3)13-16(14-19(4,5)6)25-17(23)24-15-11-20(7,8)22-21(9,10)12-15/h15-16,22H,11-14H2,1-10H3. The first-order valence-corrected chi connectivity index (χ1v) is 10.5. The highest BCUT2D eigenvalue weighted by Gasteiger charge is 2.39. The molecule has 1 heterocycles. The number of carbonyl (C=O) groups excluding carboxylic acids is 1. The summed E-state index contributed by atoms with van der Waals surface area (Å²) in [6, 6.07) is 0. The molecule has 0 amide bonds. The number of nitrogens with one attached hydrogen (secondary N) is 1. The maximum Gasteiger partial charge on any atom is 0.367 e. The highest BCUT2D eigenvalue weighted by Crippen LogP contribution is 2.37. The molecule has 0 atom stereocenters. The largest absolute Gasteiger partial charge is 0.454 e. The lowest BCUT2D eigenvalue weighted by molar-refractivity contribution is 0.0311. The normalized spacial score (nSPS) is 21.4. The van der Waals surface area contributed by atoms with E-state index in [1.807, 2.05) is 0 Å². The highest BCUT2D eigenvalue weighted by atomic mass is 32.2. The van der Waals surface area contributed by atoms with Gasteiger partial charge in [0.25, 0.3) is 0 Å². The molecule has 0 aromatic carbocycles. The molecule has 4 heteroatoms. The smallest absolute Gasteiger partial charge is 0.367 e. The quantitative estimate of drug-likeness (QED) is 0.580. The Labute approximate surface area is 160 Å². The number of piperidine rings is 1. The van der Waals surface area contributed by atoms with Crippen molar-refractivity contribution in [3.63, 3.8) is 0 Å². The Balaban J connectivity index is 2.70. The molecule has 0 aromatic rings. The third-order valence-electron chi connectivity index (χ3n) is 4.36. The molecule has 0 bridgehead atoms. The molecule has 3 nitrogen and oxygen atoms in total. The van der Waals surface area contributed by atoms with E-state index >= 15 is 0 Å². The van der Waals surface area contributed by atoms with E-state index in [1.165, 1.54) is 11.8 Å². The average Bonchev–Trinajstić information content (AvgIpc) is 2.16. The summed E-state index contributed by atoms with van der Waals surface area (Å²) < 4.78 is 5.91. The third-order valence-corrected chi connectivity index (χ3v) is 5.31. The molecule has 1 aliphatic heterocycles. The Morgan fingerprint density at radius 3 is 1.76 bits per heavy atom. The van der Waals surface area contributed by atoms with Crippen molar-refractivity contribution in [1.29, 1.82) is 0 Å². The minimum atomic E-state index is -0.1000. The molecular formula is C21H41NO2S. The van der Waals surface area contributed by atoms with Gasteiger partial charge < -0.3 is 10.1 Å². The summed E-state index contributed by atoms with van der Waals surface area (Å²) in [5.74, 6) is 0. The number of hydrogen-bond donors (Lipinski definition) is 1. The van der Waals surface area contributed by atoms with E-state index in [0.29, 0.717) is 5.25 Å². The Morgan fingerprint density at radius 2 is 1.40 bits per heavy atom. The van der Waals surface area contributed by atoms with E-state index in [0.717, 1.165) is 25.7 Å². The Kier molecular flexibility index (Phi) is 7.12. The van der Waals surface area contributed by atoms with Crippen LogP contribution in [0.4, 0.5) is 4.79 Å². The van der Waals surface area contributed by atoms with Crippen LogP contribution in [0.3, 0.4) is 0 Å². The number of carbonyl (C=O) groups is 1. The minimum Gasteiger partial charge on any atom is -0.454 e. The predicted octanol–water partition coefficient (Wildman–Crippen LogP) is 6.41. The van der Waals surface area contributed by atoms with Crippen molar-refractivity contribution < 1.29 is 9.53 Å². The SMILES string of the molecule is CC(C)(C)CC(CC(C)(C)C)SC(=O)OC1CC(C)(C)NC(C)(C)C1. The second kappa shape index (κ2) is 7.80. The molecule has 1 aliphatic rings. The summed E-state index contributed by atoms with van der Waals surface area (Å²) in [7, 11) is 0. The fourth-order valence-corrected chi connectivity index (χ4v) is 5.76. The summed E-state index contributed by atoms with van der Waals surface area (Å²) in [5.41, 5.74) is 0.408. The predicted molar refractivity (Wildman–Crippen MR) is 110 cm³/mol. The zero-order chi connectivity index (χ0) is 19.7. The fraction of sp³-hybridized carbons (Fsp3) is 0.952. The molecule has 0 radical (unpaired) electrons. The lowest BCUT2D eigenvalue weighted by Gasteiger charge is -2.45. The van der Waals surface area contributed by atoms with E-state index in [2.05, 4.69) is 74.6 Å². The zero-order valence-corrected chi connectivity index (χ0v) is 19.0. The van der Waals surface area contributed by atoms with Gasteiger partial charge in [-0.25, -0.2) is 4.79 Å². The van der Waals surface area contributed by atoms with E-state index < -0.39 is 0 Å². The minimum absolute atomic E-state index is 0.00354. The van der Waals surface area contributed by atoms with Gasteiger partial charge in [0.2, 0.25) is 0 Å². The molecule has 1 N–H and O–H groups in total.